The molecule has 0 saturated carbocycles. The van der Waals surface area contributed by atoms with Gasteiger partial charge in [0.2, 0.25) is 16.8 Å². The van der Waals surface area contributed by atoms with Gasteiger partial charge in [0, 0.05) is 23.2 Å². The summed E-state index contributed by atoms with van der Waals surface area (Å²) in [7, 11) is -3.92. The van der Waals surface area contributed by atoms with E-state index in [2.05, 4.69) is 10.0 Å². The Bertz CT molecular complexity index is 1050. The van der Waals surface area contributed by atoms with Crippen molar-refractivity contribution in [2.45, 2.75) is 31.2 Å². The number of ether oxygens (including phenoxy) is 2. The first-order valence-electron chi connectivity index (χ1n) is 8.20. The molecule has 0 radical (unpaired) electrons. The maximum absolute atomic E-state index is 12.6. The Morgan fingerprint density at radius 1 is 1.04 bits per heavy atom. The average molecular weight is 445 g/mol. The minimum Gasteiger partial charge on any atom is -0.454 e. The van der Waals surface area contributed by atoms with Crippen molar-refractivity contribution in [3.8, 4) is 11.5 Å². The Morgan fingerprint density at radius 3 is 2.32 bits per heavy atom. The summed E-state index contributed by atoms with van der Waals surface area (Å²) in [5, 5.41) is 2.90. The van der Waals surface area contributed by atoms with Crippen LogP contribution in [0.4, 0.5) is 5.69 Å². The van der Waals surface area contributed by atoms with Gasteiger partial charge in [0.05, 0.1) is 15.7 Å². The molecule has 0 aromatic heterocycles. The van der Waals surface area contributed by atoms with E-state index in [1.807, 2.05) is 0 Å². The van der Waals surface area contributed by atoms with Gasteiger partial charge in [-0.15, -0.1) is 0 Å². The SMILES string of the molecule is CC(C)(C)NS(=O)(=O)c1cc(C(=O)Nc2cc3c(cc2Cl)OCO3)ccc1Cl. The first-order valence-corrected chi connectivity index (χ1v) is 10.4. The van der Waals surface area contributed by atoms with E-state index >= 15 is 0 Å². The van der Waals surface area contributed by atoms with Crippen LogP contribution >= 0.6 is 23.2 Å². The van der Waals surface area contributed by atoms with Gasteiger partial charge in [0.1, 0.15) is 4.90 Å². The quantitative estimate of drug-likeness (QED) is 0.741. The highest BCUT2D eigenvalue weighted by atomic mass is 35.5. The summed E-state index contributed by atoms with van der Waals surface area (Å²) in [6.45, 7) is 5.19. The van der Waals surface area contributed by atoms with Crippen LogP contribution < -0.4 is 19.5 Å². The van der Waals surface area contributed by atoms with E-state index in [0.717, 1.165) is 0 Å². The fourth-order valence-electron chi connectivity index (χ4n) is 2.52. The molecule has 2 N–H and O–H groups in total. The fraction of sp³-hybridized carbons (Fsp3) is 0.278. The zero-order chi connectivity index (χ0) is 20.7. The maximum Gasteiger partial charge on any atom is 0.255 e. The van der Waals surface area contributed by atoms with Gasteiger partial charge >= 0.3 is 0 Å². The lowest BCUT2D eigenvalue weighted by Crippen LogP contribution is -2.40. The van der Waals surface area contributed by atoms with Gasteiger partial charge in [0.15, 0.2) is 11.5 Å². The Balaban J connectivity index is 1.90. The minimum atomic E-state index is -3.92. The molecular formula is C18H18Cl2N2O5S. The van der Waals surface area contributed by atoms with Crippen LogP contribution in [0.15, 0.2) is 35.2 Å². The van der Waals surface area contributed by atoms with Crippen LogP contribution in [0, 0.1) is 0 Å². The Kier molecular flexibility index (Phi) is 5.51. The normalized spacial score (nSPS) is 13.5. The molecule has 1 heterocycles. The molecule has 2 aromatic rings. The number of hydrogen-bond acceptors (Lipinski definition) is 5. The smallest absolute Gasteiger partial charge is 0.255 e. The maximum atomic E-state index is 12.6. The molecule has 0 atom stereocenters. The fourth-order valence-corrected chi connectivity index (χ4v) is 4.66. The lowest BCUT2D eigenvalue weighted by molar-refractivity contribution is 0.102. The topological polar surface area (TPSA) is 93.7 Å². The van der Waals surface area contributed by atoms with Crippen molar-refractivity contribution in [3.05, 3.63) is 45.9 Å². The molecule has 0 fully saturated rings. The zero-order valence-corrected chi connectivity index (χ0v) is 17.6. The summed E-state index contributed by atoms with van der Waals surface area (Å²) in [4.78, 5) is 12.5. The molecule has 3 rings (SSSR count). The Morgan fingerprint density at radius 2 is 1.68 bits per heavy atom. The first kappa shape index (κ1) is 20.7. The van der Waals surface area contributed by atoms with Crippen LogP contribution in [0.5, 0.6) is 11.5 Å². The van der Waals surface area contributed by atoms with Gasteiger partial charge in [-0.3, -0.25) is 4.79 Å². The molecule has 2 aromatic carbocycles. The third-order valence-electron chi connectivity index (χ3n) is 3.63. The summed E-state index contributed by atoms with van der Waals surface area (Å²) in [6.07, 6.45) is 0. The second-order valence-corrected chi connectivity index (χ2v) is 9.61. The number of carbonyl (C=O) groups excluding carboxylic acids is 1. The van der Waals surface area contributed by atoms with Crippen molar-refractivity contribution >= 4 is 44.8 Å². The van der Waals surface area contributed by atoms with E-state index in [4.69, 9.17) is 32.7 Å². The molecule has 28 heavy (non-hydrogen) atoms. The number of sulfonamides is 1. The van der Waals surface area contributed by atoms with Gasteiger partial charge in [0.25, 0.3) is 5.91 Å². The molecule has 0 spiro atoms. The van der Waals surface area contributed by atoms with Crippen molar-refractivity contribution in [3.63, 3.8) is 0 Å². The van der Waals surface area contributed by atoms with Crippen molar-refractivity contribution in [2.24, 2.45) is 0 Å². The molecule has 0 unspecified atom stereocenters. The standard InChI is InChI=1S/C18H18Cl2N2O5S/c1-18(2,3)22-28(24,25)16-6-10(4-5-11(16)19)17(23)21-13-8-15-14(7-12(13)20)26-9-27-15/h4-8,22H,9H2,1-3H3,(H,21,23). The third kappa shape index (κ3) is 4.52. The van der Waals surface area contributed by atoms with Crippen LogP contribution in [0.2, 0.25) is 10.0 Å². The molecule has 10 heteroatoms. The highest BCUT2D eigenvalue weighted by molar-refractivity contribution is 7.89. The number of halogens is 2. The van der Waals surface area contributed by atoms with E-state index in [1.54, 1.807) is 20.8 Å². The molecule has 0 aliphatic carbocycles. The Labute approximate surface area is 173 Å². The van der Waals surface area contributed by atoms with E-state index in [9.17, 15) is 13.2 Å². The molecule has 1 amide bonds. The molecule has 0 bridgehead atoms. The van der Waals surface area contributed by atoms with E-state index in [0.29, 0.717) is 17.2 Å². The van der Waals surface area contributed by atoms with Gasteiger partial charge in [-0.25, -0.2) is 13.1 Å². The number of benzene rings is 2. The molecule has 1 aliphatic heterocycles. The average Bonchev–Trinajstić information content (AvgIpc) is 3.00. The summed E-state index contributed by atoms with van der Waals surface area (Å²) in [6, 6.07) is 7.07. The number of rotatable bonds is 4. The molecular weight excluding hydrogens is 427 g/mol. The molecule has 1 aliphatic rings. The highest BCUT2D eigenvalue weighted by Gasteiger charge is 2.26. The second-order valence-electron chi connectivity index (χ2n) is 7.14. The largest absolute Gasteiger partial charge is 0.454 e. The number of carbonyl (C=O) groups is 1. The summed E-state index contributed by atoms with van der Waals surface area (Å²) in [5.74, 6) is 0.384. The van der Waals surface area contributed by atoms with E-state index in [-0.39, 0.29) is 27.3 Å². The van der Waals surface area contributed by atoms with Crippen molar-refractivity contribution < 1.29 is 22.7 Å². The van der Waals surface area contributed by atoms with Crippen molar-refractivity contribution in [1.29, 1.82) is 0 Å². The van der Waals surface area contributed by atoms with Crippen LogP contribution in [0.25, 0.3) is 0 Å². The van der Waals surface area contributed by atoms with Crippen LogP contribution in [-0.4, -0.2) is 26.7 Å². The molecule has 7 nitrogen and oxygen atoms in total. The highest BCUT2D eigenvalue weighted by Crippen LogP contribution is 2.39. The van der Waals surface area contributed by atoms with Crippen molar-refractivity contribution in [1.82, 2.24) is 4.72 Å². The Hall–Kier alpha value is -2.00. The van der Waals surface area contributed by atoms with E-state index < -0.39 is 21.5 Å². The van der Waals surface area contributed by atoms with E-state index in [1.165, 1.54) is 30.3 Å². The molecule has 150 valence electrons. The number of hydrogen-bond donors (Lipinski definition) is 2. The minimum absolute atomic E-state index is 0.00871. The summed E-state index contributed by atoms with van der Waals surface area (Å²) < 4.78 is 38.2. The molecule has 0 saturated heterocycles. The summed E-state index contributed by atoms with van der Waals surface area (Å²) in [5.41, 5.74) is -0.295. The lowest BCUT2D eigenvalue weighted by atomic mass is 10.1. The van der Waals surface area contributed by atoms with Gasteiger partial charge < -0.3 is 14.8 Å². The number of fused-ring (bicyclic) bond motifs is 1. The predicted octanol–water partition coefficient (Wildman–Crippen LogP) is 4.05. The monoisotopic (exact) mass is 444 g/mol. The van der Waals surface area contributed by atoms with Crippen LogP contribution in [0.1, 0.15) is 31.1 Å². The lowest BCUT2D eigenvalue weighted by Gasteiger charge is -2.21. The van der Waals surface area contributed by atoms with Crippen LogP contribution in [0.3, 0.4) is 0 Å². The third-order valence-corrected chi connectivity index (χ3v) is 6.19. The second kappa shape index (κ2) is 7.44. The zero-order valence-electron chi connectivity index (χ0n) is 15.3. The first-order chi connectivity index (χ1) is 13.0. The number of amides is 1. The van der Waals surface area contributed by atoms with Gasteiger partial charge in [-0.2, -0.15) is 0 Å². The van der Waals surface area contributed by atoms with Gasteiger partial charge in [-0.1, -0.05) is 23.2 Å². The van der Waals surface area contributed by atoms with Gasteiger partial charge in [-0.05, 0) is 39.0 Å². The number of nitrogens with one attached hydrogen (secondary N) is 2. The predicted molar refractivity (Wildman–Crippen MR) is 107 cm³/mol. The summed E-state index contributed by atoms with van der Waals surface area (Å²) >= 11 is 12.2. The van der Waals surface area contributed by atoms with Crippen LogP contribution in [-0.2, 0) is 10.0 Å². The number of anilines is 1. The van der Waals surface area contributed by atoms with Crippen molar-refractivity contribution in [2.75, 3.05) is 12.1 Å².